The second kappa shape index (κ2) is 5.79. The molecule has 0 aliphatic heterocycles. The van der Waals surface area contributed by atoms with E-state index in [2.05, 4.69) is 27.2 Å². The molecule has 0 bridgehead atoms. The highest BCUT2D eigenvalue weighted by atomic mass is 32.1. The Labute approximate surface area is 116 Å². The fraction of sp³-hybridized carbons (Fsp3) is 0.615. The van der Waals surface area contributed by atoms with E-state index in [-0.39, 0.29) is 0 Å². The topological polar surface area (TPSA) is 55.1 Å². The maximum Gasteiger partial charge on any atom is 0.234 e. The lowest BCUT2D eigenvalue weighted by Gasteiger charge is -2.18. The molecule has 2 aromatic rings. The Morgan fingerprint density at radius 2 is 2.16 bits per heavy atom. The standard InChI is InChI=1S/C13H19N5S/c1-2-8-14-9-11-17-18-12(15-16-13(18)19-11)10-6-4-3-5-7-10/h2,10,14H,1,3-9H2. The van der Waals surface area contributed by atoms with E-state index in [0.29, 0.717) is 5.92 Å². The van der Waals surface area contributed by atoms with E-state index in [9.17, 15) is 0 Å². The van der Waals surface area contributed by atoms with Crippen molar-refractivity contribution >= 4 is 16.3 Å². The normalized spacial score (nSPS) is 17.1. The van der Waals surface area contributed by atoms with E-state index in [1.54, 1.807) is 11.3 Å². The molecule has 3 rings (SSSR count). The first kappa shape index (κ1) is 12.7. The Morgan fingerprint density at radius 3 is 2.95 bits per heavy atom. The van der Waals surface area contributed by atoms with Gasteiger partial charge in [0, 0.05) is 19.0 Å². The smallest absolute Gasteiger partial charge is 0.234 e. The molecule has 1 aliphatic rings. The van der Waals surface area contributed by atoms with Crippen molar-refractivity contribution in [3.05, 3.63) is 23.5 Å². The summed E-state index contributed by atoms with van der Waals surface area (Å²) in [5.41, 5.74) is 0. The lowest BCUT2D eigenvalue weighted by atomic mass is 9.89. The predicted molar refractivity (Wildman–Crippen MR) is 76.4 cm³/mol. The number of hydrogen-bond donors (Lipinski definition) is 1. The summed E-state index contributed by atoms with van der Waals surface area (Å²) in [7, 11) is 0. The van der Waals surface area contributed by atoms with Crippen LogP contribution in [0.2, 0.25) is 0 Å². The summed E-state index contributed by atoms with van der Waals surface area (Å²) < 4.78 is 1.95. The van der Waals surface area contributed by atoms with Crippen molar-refractivity contribution in [1.82, 2.24) is 25.1 Å². The van der Waals surface area contributed by atoms with Gasteiger partial charge >= 0.3 is 0 Å². The molecule has 0 saturated heterocycles. The maximum absolute atomic E-state index is 4.63. The zero-order valence-corrected chi connectivity index (χ0v) is 11.8. The van der Waals surface area contributed by atoms with E-state index < -0.39 is 0 Å². The molecule has 1 N–H and O–H groups in total. The second-order valence-electron chi connectivity index (χ2n) is 5.00. The van der Waals surface area contributed by atoms with Crippen molar-refractivity contribution < 1.29 is 0 Å². The summed E-state index contributed by atoms with van der Waals surface area (Å²) in [5, 5.41) is 17.6. The first-order valence-corrected chi connectivity index (χ1v) is 7.73. The Morgan fingerprint density at radius 1 is 1.32 bits per heavy atom. The molecule has 0 atom stereocenters. The summed E-state index contributed by atoms with van der Waals surface area (Å²) in [6, 6.07) is 0. The van der Waals surface area contributed by atoms with Gasteiger partial charge in [-0.2, -0.15) is 9.61 Å². The van der Waals surface area contributed by atoms with Gasteiger partial charge in [0.15, 0.2) is 5.82 Å². The first-order valence-electron chi connectivity index (χ1n) is 6.91. The lowest BCUT2D eigenvalue weighted by molar-refractivity contribution is 0.423. The van der Waals surface area contributed by atoms with Gasteiger partial charge in [0.05, 0.1) is 0 Å². The maximum atomic E-state index is 4.63. The number of nitrogens with zero attached hydrogens (tertiary/aromatic N) is 4. The van der Waals surface area contributed by atoms with Crippen LogP contribution in [0, 0.1) is 0 Å². The summed E-state index contributed by atoms with van der Waals surface area (Å²) in [6.07, 6.45) is 8.26. The Balaban J connectivity index is 1.79. The zero-order chi connectivity index (χ0) is 13.1. The van der Waals surface area contributed by atoms with Crippen LogP contribution in [0.15, 0.2) is 12.7 Å². The molecule has 0 unspecified atom stereocenters. The van der Waals surface area contributed by atoms with E-state index in [0.717, 1.165) is 28.9 Å². The van der Waals surface area contributed by atoms with Crippen molar-refractivity contribution in [3.8, 4) is 0 Å². The molecule has 0 radical (unpaired) electrons. The van der Waals surface area contributed by atoms with Crippen LogP contribution < -0.4 is 5.32 Å². The highest BCUT2D eigenvalue weighted by Gasteiger charge is 2.22. The molecule has 1 saturated carbocycles. The fourth-order valence-corrected chi connectivity index (χ4v) is 3.45. The van der Waals surface area contributed by atoms with E-state index >= 15 is 0 Å². The molecule has 6 heteroatoms. The van der Waals surface area contributed by atoms with Gasteiger partial charge in [-0.15, -0.1) is 16.8 Å². The lowest BCUT2D eigenvalue weighted by Crippen LogP contribution is -2.13. The van der Waals surface area contributed by atoms with Crippen molar-refractivity contribution in [2.45, 2.75) is 44.6 Å². The highest BCUT2D eigenvalue weighted by Crippen LogP contribution is 2.32. The zero-order valence-electron chi connectivity index (χ0n) is 11.0. The average Bonchev–Trinajstić information content (AvgIpc) is 3.00. The summed E-state index contributed by atoms with van der Waals surface area (Å²) in [4.78, 5) is 0.913. The summed E-state index contributed by atoms with van der Waals surface area (Å²) in [6.45, 7) is 5.26. The quantitative estimate of drug-likeness (QED) is 0.674. The van der Waals surface area contributed by atoms with Crippen LogP contribution in [0.1, 0.15) is 48.9 Å². The highest BCUT2D eigenvalue weighted by molar-refractivity contribution is 7.16. The van der Waals surface area contributed by atoms with Gasteiger partial charge in [0.1, 0.15) is 5.01 Å². The number of nitrogens with one attached hydrogen (secondary N) is 1. The fourth-order valence-electron chi connectivity index (χ4n) is 2.64. The molecule has 2 aromatic heterocycles. The number of hydrogen-bond acceptors (Lipinski definition) is 5. The van der Waals surface area contributed by atoms with Crippen LogP contribution in [0.5, 0.6) is 0 Å². The largest absolute Gasteiger partial charge is 0.307 e. The van der Waals surface area contributed by atoms with Crippen molar-refractivity contribution in [1.29, 1.82) is 0 Å². The van der Waals surface area contributed by atoms with Crippen LogP contribution in [0.4, 0.5) is 0 Å². The van der Waals surface area contributed by atoms with Crippen LogP contribution in [0.3, 0.4) is 0 Å². The van der Waals surface area contributed by atoms with Gasteiger partial charge in [-0.05, 0) is 12.8 Å². The minimum Gasteiger partial charge on any atom is -0.307 e. The third-order valence-corrected chi connectivity index (χ3v) is 4.49. The van der Waals surface area contributed by atoms with Crippen LogP contribution in [0.25, 0.3) is 4.96 Å². The molecule has 0 spiro atoms. The minimum atomic E-state index is 0.542. The van der Waals surface area contributed by atoms with Crippen molar-refractivity contribution in [3.63, 3.8) is 0 Å². The second-order valence-corrected chi connectivity index (χ2v) is 6.04. The third kappa shape index (κ3) is 2.69. The van der Waals surface area contributed by atoms with Crippen LogP contribution >= 0.6 is 11.3 Å². The molecule has 2 heterocycles. The Bertz CT molecular complexity index is 552. The SMILES string of the molecule is C=CCNCc1nn2c(C3CCCCC3)nnc2s1. The molecule has 1 fully saturated rings. The molecule has 19 heavy (non-hydrogen) atoms. The number of fused-ring (bicyclic) bond motifs is 1. The third-order valence-electron chi connectivity index (χ3n) is 3.59. The molecular formula is C13H19N5S. The Kier molecular flexibility index (Phi) is 3.89. The van der Waals surface area contributed by atoms with Gasteiger partial charge < -0.3 is 5.32 Å². The summed E-state index contributed by atoms with van der Waals surface area (Å²) in [5.74, 6) is 1.60. The Hall–Kier alpha value is -1.27. The monoisotopic (exact) mass is 277 g/mol. The van der Waals surface area contributed by atoms with Crippen LogP contribution in [-0.2, 0) is 6.54 Å². The molecule has 0 amide bonds. The number of rotatable bonds is 5. The molecular weight excluding hydrogens is 258 g/mol. The van der Waals surface area contributed by atoms with Gasteiger partial charge in [0.25, 0.3) is 0 Å². The molecule has 1 aliphatic carbocycles. The van der Waals surface area contributed by atoms with Crippen molar-refractivity contribution in [2.24, 2.45) is 0 Å². The van der Waals surface area contributed by atoms with E-state index in [1.165, 1.54) is 32.1 Å². The van der Waals surface area contributed by atoms with Gasteiger partial charge in [0.2, 0.25) is 4.96 Å². The summed E-state index contributed by atoms with van der Waals surface area (Å²) >= 11 is 1.61. The molecule has 5 nitrogen and oxygen atoms in total. The number of aromatic nitrogens is 4. The average molecular weight is 277 g/mol. The molecule has 0 aromatic carbocycles. The van der Waals surface area contributed by atoms with Gasteiger partial charge in [-0.3, -0.25) is 0 Å². The molecule has 102 valence electrons. The van der Waals surface area contributed by atoms with Crippen molar-refractivity contribution in [2.75, 3.05) is 6.54 Å². The predicted octanol–water partition coefficient (Wildman–Crippen LogP) is 2.51. The van der Waals surface area contributed by atoms with Gasteiger partial charge in [-0.1, -0.05) is 36.7 Å². The van der Waals surface area contributed by atoms with Gasteiger partial charge in [-0.25, -0.2) is 0 Å². The van der Waals surface area contributed by atoms with E-state index in [1.807, 2.05) is 10.6 Å². The van der Waals surface area contributed by atoms with Crippen LogP contribution in [-0.4, -0.2) is 26.4 Å². The minimum absolute atomic E-state index is 0.542. The van der Waals surface area contributed by atoms with E-state index in [4.69, 9.17) is 0 Å². The first-order chi connectivity index (χ1) is 9.38.